The van der Waals surface area contributed by atoms with E-state index in [0.29, 0.717) is 51.9 Å². The molecule has 1 spiro atoms. The standard InChI is InChI=1S/C16H24N4O4/c1-11(21)19-7-3-12(4-8-19)13(22)20-9-5-16(6-10-20)14(23)18(2)15(24)17-16/h12H,3-10H2,1-2H3,(H,17,24). The van der Waals surface area contributed by atoms with Gasteiger partial charge in [-0.15, -0.1) is 0 Å². The van der Waals surface area contributed by atoms with E-state index in [1.165, 1.54) is 7.05 Å². The van der Waals surface area contributed by atoms with Crippen LogP contribution in [-0.4, -0.2) is 77.2 Å². The van der Waals surface area contributed by atoms with Crippen LogP contribution in [0.3, 0.4) is 0 Å². The number of likely N-dealkylation sites (tertiary alicyclic amines) is 2. The Bertz CT molecular complexity index is 575. The molecule has 3 heterocycles. The van der Waals surface area contributed by atoms with Crippen LogP contribution in [0.5, 0.6) is 0 Å². The Balaban J connectivity index is 1.56. The number of rotatable bonds is 1. The zero-order valence-corrected chi connectivity index (χ0v) is 14.2. The van der Waals surface area contributed by atoms with Crippen molar-refractivity contribution in [2.24, 2.45) is 5.92 Å². The van der Waals surface area contributed by atoms with Gasteiger partial charge in [0.05, 0.1) is 0 Å². The number of hydrogen-bond donors (Lipinski definition) is 1. The Morgan fingerprint density at radius 2 is 1.62 bits per heavy atom. The average Bonchev–Trinajstić information content (AvgIpc) is 2.79. The molecule has 5 amide bonds. The number of carbonyl (C=O) groups excluding carboxylic acids is 4. The first-order valence-corrected chi connectivity index (χ1v) is 8.49. The lowest BCUT2D eigenvalue weighted by Crippen LogP contribution is -2.56. The fraction of sp³-hybridized carbons (Fsp3) is 0.750. The Morgan fingerprint density at radius 1 is 1.04 bits per heavy atom. The highest BCUT2D eigenvalue weighted by atomic mass is 16.2. The first-order valence-electron chi connectivity index (χ1n) is 8.49. The molecule has 1 N–H and O–H groups in total. The van der Waals surface area contributed by atoms with Crippen LogP contribution < -0.4 is 5.32 Å². The fourth-order valence-electron chi connectivity index (χ4n) is 3.90. The summed E-state index contributed by atoms with van der Waals surface area (Å²) >= 11 is 0. The Kier molecular flexibility index (Phi) is 4.23. The quantitative estimate of drug-likeness (QED) is 0.671. The summed E-state index contributed by atoms with van der Waals surface area (Å²) in [4.78, 5) is 52.7. The Morgan fingerprint density at radius 3 is 2.08 bits per heavy atom. The molecule has 0 radical (unpaired) electrons. The molecule has 3 saturated heterocycles. The van der Waals surface area contributed by atoms with E-state index in [1.54, 1.807) is 16.7 Å². The molecule has 0 aliphatic carbocycles. The van der Waals surface area contributed by atoms with E-state index in [4.69, 9.17) is 0 Å². The molecule has 3 aliphatic heterocycles. The third kappa shape index (κ3) is 2.74. The normalized spacial score (nSPS) is 24.5. The number of amides is 5. The van der Waals surface area contributed by atoms with Crippen molar-refractivity contribution in [2.75, 3.05) is 33.2 Å². The fourth-order valence-corrected chi connectivity index (χ4v) is 3.90. The van der Waals surface area contributed by atoms with Crippen molar-refractivity contribution in [3.8, 4) is 0 Å². The van der Waals surface area contributed by atoms with Gasteiger partial charge in [-0.05, 0) is 25.7 Å². The second-order valence-corrected chi connectivity index (χ2v) is 6.98. The summed E-state index contributed by atoms with van der Waals surface area (Å²) in [5, 5.41) is 2.78. The summed E-state index contributed by atoms with van der Waals surface area (Å²) in [6, 6.07) is -0.364. The number of likely N-dealkylation sites (N-methyl/N-ethyl adjacent to an activating group) is 1. The number of nitrogens with one attached hydrogen (secondary N) is 1. The minimum atomic E-state index is -0.833. The largest absolute Gasteiger partial charge is 0.343 e. The molecule has 8 nitrogen and oxygen atoms in total. The molecule has 24 heavy (non-hydrogen) atoms. The summed E-state index contributed by atoms with van der Waals surface area (Å²) < 4.78 is 0. The molecule has 132 valence electrons. The van der Waals surface area contributed by atoms with E-state index in [1.807, 2.05) is 0 Å². The maximum atomic E-state index is 12.7. The predicted octanol–water partition coefficient (Wildman–Crippen LogP) is -0.212. The summed E-state index contributed by atoms with van der Waals surface area (Å²) in [7, 11) is 1.48. The van der Waals surface area contributed by atoms with Crippen LogP contribution in [-0.2, 0) is 14.4 Å². The lowest BCUT2D eigenvalue weighted by Gasteiger charge is -2.40. The van der Waals surface area contributed by atoms with Crippen molar-refractivity contribution < 1.29 is 19.2 Å². The van der Waals surface area contributed by atoms with Gasteiger partial charge in [0.1, 0.15) is 5.54 Å². The minimum absolute atomic E-state index is 0.0498. The van der Waals surface area contributed by atoms with Gasteiger partial charge in [-0.1, -0.05) is 0 Å². The van der Waals surface area contributed by atoms with E-state index in [9.17, 15) is 19.2 Å². The maximum absolute atomic E-state index is 12.7. The number of carbonyl (C=O) groups is 4. The molecule has 0 bridgehead atoms. The highest BCUT2D eigenvalue weighted by Gasteiger charge is 2.51. The third-order valence-corrected chi connectivity index (χ3v) is 5.58. The number of piperidine rings is 2. The van der Waals surface area contributed by atoms with Crippen LogP contribution in [0.15, 0.2) is 0 Å². The molecular formula is C16H24N4O4. The van der Waals surface area contributed by atoms with Crippen molar-refractivity contribution in [3.05, 3.63) is 0 Å². The molecule has 3 fully saturated rings. The SMILES string of the molecule is CC(=O)N1CCC(C(=O)N2CCC3(CC2)NC(=O)N(C)C3=O)CC1. The molecule has 0 saturated carbocycles. The van der Waals surface area contributed by atoms with Crippen molar-refractivity contribution in [3.63, 3.8) is 0 Å². The second-order valence-electron chi connectivity index (χ2n) is 6.98. The summed E-state index contributed by atoms with van der Waals surface area (Å²) in [6.07, 6.45) is 2.30. The molecule has 0 aromatic carbocycles. The summed E-state index contributed by atoms with van der Waals surface area (Å²) in [6.45, 7) is 3.76. The smallest absolute Gasteiger partial charge is 0.324 e. The number of nitrogens with zero attached hydrogens (tertiary/aromatic N) is 3. The van der Waals surface area contributed by atoms with Gasteiger partial charge in [0.15, 0.2) is 0 Å². The average molecular weight is 336 g/mol. The zero-order chi connectivity index (χ0) is 17.5. The van der Waals surface area contributed by atoms with Gasteiger partial charge in [-0.25, -0.2) is 4.79 Å². The molecule has 3 rings (SSSR count). The molecule has 3 aliphatic rings. The highest BCUT2D eigenvalue weighted by molar-refractivity contribution is 6.06. The number of imide groups is 1. The zero-order valence-electron chi connectivity index (χ0n) is 14.2. The topological polar surface area (TPSA) is 90.0 Å². The molecule has 8 heteroatoms. The van der Waals surface area contributed by atoms with E-state index < -0.39 is 5.54 Å². The lowest BCUT2D eigenvalue weighted by atomic mass is 9.86. The van der Waals surface area contributed by atoms with Crippen LogP contribution in [0.4, 0.5) is 4.79 Å². The lowest BCUT2D eigenvalue weighted by molar-refractivity contribution is -0.143. The van der Waals surface area contributed by atoms with Crippen molar-refractivity contribution in [1.82, 2.24) is 20.0 Å². The molecular weight excluding hydrogens is 312 g/mol. The van der Waals surface area contributed by atoms with Gasteiger partial charge >= 0.3 is 6.03 Å². The summed E-state index contributed by atoms with van der Waals surface area (Å²) in [5.74, 6) is -0.0841. The van der Waals surface area contributed by atoms with Gasteiger partial charge in [-0.2, -0.15) is 0 Å². The monoisotopic (exact) mass is 336 g/mol. The number of hydrogen-bond acceptors (Lipinski definition) is 4. The predicted molar refractivity (Wildman–Crippen MR) is 84.8 cm³/mol. The highest BCUT2D eigenvalue weighted by Crippen LogP contribution is 2.30. The van der Waals surface area contributed by atoms with Gasteiger partial charge in [0.25, 0.3) is 5.91 Å². The van der Waals surface area contributed by atoms with E-state index in [-0.39, 0.29) is 29.7 Å². The molecule has 0 aromatic heterocycles. The third-order valence-electron chi connectivity index (χ3n) is 5.58. The molecule has 0 unspecified atom stereocenters. The van der Waals surface area contributed by atoms with Crippen molar-refractivity contribution in [2.45, 2.75) is 38.1 Å². The van der Waals surface area contributed by atoms with Gasteiger partial charge < -0.3 is 15.1 Å². The molecule has 0 atom stereocenters. The summed E-state index contributed by atoms with van der Waals surface area (Å²) in [5.41, 5.74) is -0.833. The molecule has 0 aromatic rings. The maximum Gasteiger partial charge on any atom is 0.324 e. The minimum Gasteiger partial charge on any atom is -0.343 e. The second kappa shape index (κ2) is 6.07. The van der Waals surface area contributed by atoms with Gasteiger partial charge in [0.2, 0.25) is 11.8 Å². The van der Waals surface area contributed by atoms with Crippen molar-refractivity contribution >= 4 is 23.8 Å². The van der Waals surface area contributed by atoms with Crippen LogP contribution in [0.1, 0.15) is 32.6 Å². The van der Waals surface area contributed by atoms with E-state index >= 15 is 0 Å². The van der Waals surface area contributed by atoms with Crippen LogP contribution in [0.2, 0.25) is 0 Å². The van der Waals surface area contributed by atoms with E-state index in [2.05, 4.69) is 5.32 Å². The van der Waals surface area contributed by atoms with E-state index in [0.717, 1.165) is 4.90 Å². The Labute approximate surface area is 141 Å². The van der Waals surface area contributed by atoms with Crippen molar-refractivity contribution in [1.29, 1.82) is 0 Å². The van der Waals surface area contributed by atoms with Crippen LogP contribution >= 0.6 is 0 Å². The van der Waals surface area contributed by atoms with Gasteiger partial charge in [0, 0.05) is 46.1 Å². The van der Waals surface area contributed by atoms with Crippen LogP contribution in [0, 0.1) is 5.92 Å². The Hall–Kier alpha value is -2.12. The first-order chi connectivity index (χ1) is 11.3. The first kappa shape index (κ1) is 16.7. The van der Waals surface area contributed by atoms with Crippen LogP contribution in [0.25, 0.3) is 0 Å². The number of urea groups is 1. The van der Waals surface area contributed by atoms with Gasteiger partial charge in [-0.3, -0.25) is 19.3 Å².